The Hall–Kier alpha value is -4.91. The number of nitrogens with one attached hydrogen (secondary N) is 4. The summed E-state index contributed by atoms with van der Waals surface area (Å²) in [6.07, 6.45) is 9.28. The van der Waals surface area contributed by atoms with Crippen molar-refractivity contribution in [3.63, 3.8) is 0 Å². The highest BCUT2D eigenvalue weighted by Gasteiger charge is 2.31. The predicted octanol–water partition coefficient (Wildman–Crippen LogP) is 4.69. The Morgan fingerprint density at radius 1 is 1.12 bits per heavy atom. The molecule has 5 rings (SSSR count). The molecule has 3 aromatic rings. The van der Waals surface area contributed by atoms with Gasteiger partial charge in [-0.15, -0.1) is 0 Å². The van der Waals surface area contributed by atoms with Gasteiger partial charge in [-0.2, -0.15) is 5.10 Å². The van der Waals surface area contributed by atoms with Gasteiger partial charge >= 0.3 is 6.03 Å². The van der Waals surface area contributed by atoms with Crippen molar-refractivity contribution in [3.8, 4) is 5.75 Å². The summed E-state index contributed by atoms with van der Waals surface area (Å²) in [5.74, 6) is 1.54. The van der Waals surface area contributed by atoms with E-state index in [4.69, 9.17) is 21.3 Å². The SMILES string of the molecule is CC(C)C(N)=CC(=Nc1ccn(CCO)n1)NC(=O)N[C@H]1CC[C@@H](Oc2ccc(=N)n(C(=N)N3C(C)CCC[C@H]3C)c2)c2ccccc21. The van der Waals surface area contributed by atoms with Crippen LogP contribution in [0.3, 0.4) is 0 Å². The van der Waals surface area contributed by atoms with Crippen LogP contribution < -0.4 is 26.6 Å². The second-order valence-corrected chi connectivity index (χ2v) is 12.9. The van der Waals surface area contributed by atoms with Crippen molar-refractivity contribution >= 4 is 23.6 Å². The van der Waals surface area contributed by atoms with E-state index < -0.39 is 6.03 Å². The zero-order valence-electron chi connectivity index (χ0n) is 28.2. The molecule has 48 heavy (non-hydrogen) atoms. The van der Waals surface area contributed by atoms with E-state index in [0.29, 0.717) is 36.7 Å². The number of carbonyl (C=O) groups is 1. The number of hydrogen-bond acceptors (Lipinski definition) is 8. The van der Waals surface area contributed by atoms with Crippen molar-refractivity contribution in [2.45, 2.75) is 90.6 Å². The Bertz CT molecular complexity index is 1710. The number of allylic oxidation sites excluding steroid dienone is 1. The number of carbonyl (C=O) groups excluding carboxylic acids is 1. The molecule has 256 valence electrons. The van der Waals surface area contributed by atoms with E-state index in [1.807, 2.05) is 38.1 Å². The number of aliphatic imine (C=N–C) groups is 1. The fraction of sp³-hybridized carbons (Fsp3) is 0.457. The number of pyridine rings is 1. The minimum absolute atomic E-state index is 0.0449. The first-order chi connectivity index (χ1) is 23.0. The topological polar surface area (TPSA) is 183 Å². The average molecular weight is 657 g/mol. The van der Waals surface area contributed by atoms with Crippen molar-refractivity contribution in [2.24, 2.45) is 16.6 Å². The van der Waals surface area contributed by atoms with Crippen molar-refractivity contribution in [1.29, 1.82) is 10.8 Å². The number of benzene rings is 1. The first-order valence-electron chi connectivity index (χ1n) is 16.7. The van der Waals surface area contributed by atoms with Crippen LogP contribution in [-0.2, 0) is 6.54 Å². The number of aliphatic hydroxyl groups is 1. The monoisotopic (exact) mass is 656 g/mol. The minimum atomic E-state index is -0.428. The first-order valence-corrected chi connectivity index (χ1v) is 16.7. The maximum atomic E-state index is 13.4. The summed E-state index contributed by atoms with van der Waals surface area (Å²) in [5.41, 5.74) is 8.93. The number of aromatic nitrogens is 3. The third-order valence-corrected chi connectivity index (χ3v) is 9.01. The number of ether oxygens (including phenoxy) is 1. The van der Waals surface area contributed by atoms with Crippen molar-refractivity contribution < 1.29 is 14.6 Å². The molecule has 7 N–H and O–H groups in total. The van der Waals surface area contributed by atoms with E-state index >= 15 is 0 Å². The molecule has 0 spiro atoms. The fourth-order valence-corrected chi connectivity index (χ4v) is 6.37. The first kappa shape index (κ1) is 34.4. The maximum absolute atomic E-state index is 13.4. The molecule has 4 atom stereocenters. The highest BCUT2D eigenvalue weighted by atomic mass is 16.5. The van der Waals surface area contributed by atoms with Crippen molar-refractivity contribution in [1.82, 2.24) is 29.9 Å². The van der Waals surface area contributed by atoms with E-state index in [1.165, 1.54) is 0 Å². The number of piperidine rings is 1. The molecule has 13 heteroatoms. The van der Waals surface area contributed by atoms with Crippen molar-refractivity contribution in [2.75, 3.05) is 6.61 Å². The van der Waals surface area contributed by atoms with E-state index in [2.05, 4.69) is 39.5 Å². The van der Waals surface area contributed by atoms with Gasteiger partial charge in [0, 0.05) is 30.0 Å². The van der Waals surface area contributed by atoms with Crippen LogP contribution in [-0.4, -0.2) is 60.9 Å². The van der Waals surface area contributed by atoms with E-state index in [0.717, 1.165) is 30.4 Å². The summed E-state index contributed by atoms with van der Waals surface area (Å²) in [6, 6.07) is 12.8. The van der Waals surface area contributed by atoms with E-state index in [9.17, 15) is 9.90 Å². The van der Waals surface area contributed by atoms with Gasteiger partial charge in [0.1, 0.15) is 23.2 Å². The van der Waals surface area contributed by atoms with Crippen LogP contribution >= 0.6 is 0 Å². The number of urea groups is 1. The Labute approximate surface area is 281 Å². The second kappa shape index (κ2) is 15.3. The van der Waals surface area contributed by atoms with Crippen molar-refractivity contribution in [3.05, 3.63) is 83.2 Å². The lowest BCUT2D eigenvalue weighted by Gasteiger charge is -2.41. The zero-order chi connectivity index (χ0) is 34.4. The molecule has 3 heterocycles. The van der Waals surface area contributed by atoms with Gasteiger partial charge in [0.25, 0.3) is 0 Å². The van der Waals surface area contributed by atoms with Crippen LogP contribution in [0.5, 0.6) is 5.75 Å². The smallest absolute Gasteiger partial charge is 0.320 e. The minimum Gasteiger partial charge on any atom is -0.484 e. The zero-order valence-corrected chi connectivity index (χ0v) is 28.2. The van der Waals surface area contributed by atoms with Crippen LogP contribution in [0, 0.1) is 16.7 Å². The highest BCUT2D eigenvalue weighted by molar-refractivity contribution is 6.05. The van der Waals surface area contributed by atoms with E-state index in [-0.39, 0.29) is 54.0 Å². The molecule has 0 radical (unpaired) electrons. The molecule has 0 saturated carbocycles. The summed E-state index contributed by atoms with van der Waals surface area (Å²) in [5, 5.41) is 37.0. The summed E-state index contributed by atoms with van der Waals surface area (Å²) in [4.78, 5) is 20.0. The predicted molar refractivity (Wildman–Crippen MR) is 185 cm³/mol. The maximum Gasteiger partial charge on any atom is 0.320 e. The molecule has 1 saturated heterocycles. The number of fused-ring (bicyclic) bond motifs is 1. The average Bonchev–Trinajstić information content (AvgIpc) is 3.49. The third-order valence-electron chi connectivity index (χ3n) is 9.01. The Morgan fingerprint density at radius 3 is 2.56 bits per heavy atom. The summed E-state index contributed by atoms with van der Waals surface area (Å²) >= 11 is 0. The number of hydrogen-bond donors (Lipinski definition) is 6. The number of amides is 2. The molecule has 0 bridgehead atoms. The molecule has 2 aromatic heterocycles. The molecular weight excluding hydrogens is 608 g/mol. The molecule has 1 fully saturated rings. The number of nitrogens with two attached hydrogens (primary N) is 1. The molecular formula is C35H48N10O3. The van der Waals surface area contributed by atoms with Crippen LogP contribution in [0.15, 0.2) is 71.6 Å². The molecule has 2 amide bonds. The number of likely N-dealkylation sites (tertiary alicyclic amines) is 1. The Kier molecular flexibility index (Phi) is 11.0. The molecule has 1 aliphatic carbocycles. The second-order valence-electron chi connectivity index (χ2n) is 12.9. The number of amidine groups is 1. The fourth-order valence-electron chi connectivity index (χ4n) is 6.37. The van der Waals surface area contributed by atoms with Gasteiger partial charge in [0.15, 0.2) is 5.82 Å². The summed E-state index contributed by atoms with van der Waals surface area (Å²) < 4.78 is 9.69. The molecule has 1 aromatic carbocycles. The van der Waals surface area contributed by atoms with Gasteiger partial charge in [0.05, 0.1) is 25.4 Å². The van der Waals surface area contributed by atoms with Crippen LogP contribution in [0.1, 0.15) is 83.1 Å². The van der Waals surface area contributed by atoms with Gasteiger partial charge in [-0.1, -0.05) is 38.1 Å². The largest absolute Gasteiger partial charge is 0.484 e. The Morgan fingerprint density at radius 2 is 1.85 bits per heavy atom. The normalized spacial score (nSPS) is 21.5. The molecule has 13 nitrogen and oxygen atoms in total. The number of aliphatic hydroxyl groups excluding tert-OH is 1. The number of rotatable bonds is 8. The summed E-state index contributed by atoms with van der Waals surface area (Å²) in [6.45, 7) is 8.48. The highest BCUT2D eigenvalue weighted by Crippen LogP contribution is 2.38. The van der Waals surface area contributed by atoms with Crippen LogP contribution in [0.4, 0.5) is 10.6 Å². The quantitative estimate of drug-likeness (QED) is 0.151. The van der Waals surface area contributed by atoms with Gasteiger partial charge in [0.2, 0.25) is 5.96 Å². The lowest BCUT2D eigenvalue weighted by atomic mass is 9.85. The lowest BCUT2D eigenvalue weighted by Crippen LogP contribution is -2.51. The van der Waals surface area contributed by atoms with E-state index in [1.54, 1.807) is 45.9 Å². The standard InChI is InChI=1S/C35H48N10O3/c1-22(2)28(36)20-33(40-32-16-17-43(42-32)18-19-46)41-35(47)39-29-13-14-30(27-11-6-5-10-26(27)29)48-25-12-15-31(37)44(21-25)34(38)45-23(3)8-7-9-24(45)4/h5-6,10-12,15-17,20-24,29-30,37-38,46H,7-9,13-14,18-19,36H2,1-4H3,(H2,39,40,41,42,47)/t23-,24?,29+,30-/m1/s1. The molecule has 1 unspecified atom stereocenters. The molecule has 2 aliphatic rings. The molecule has 1 aliphatic heterocycles. The third kappa shape index (κ3) is 8.14. The lowest BCUT2D eigenvalue weighted by molar-refractivity contribution is 0.169. The number of nitrogens with zero attached hydrogens (tertiary/aromatic N) is 5. The van der Waals surface area contributed by atoms with Gasteiger partial charge in [-0.25, -0.2) is 9.79 Å². The van der Waals surface area contributed by atoms with Gasteiger partial charge < -0.3 is 25.8 Å². The summed E-state index contributed by atoms with van der Waals surface area (Å²) in [7, 11) is 0. The Balaban J connectivity index is 1.31. The van der Waals surface area contributed by atoms with Gasteiger partial charge in [-0.3, -0.25) is 25.4 Å². The van der Waals surface area contributed by atoms with Crippen LogP contribution in [0.25, 0.3) is 0 Å². The van der Waals surface area contributed by atoms with Gasteiger partial charge in [-0.05, 0) is 81.2 Å². The van der Waals surface area contributed by atoms with Crippen LogP contribution in [0.2, 0.25) is 0 Å².